The van der Waals surface area contributed by atoms with Crippen LogP contribution in [0.15, 0.2) is 0 Å². The molecule has 0 aromatic heterocycles. The van der Waals surface area contributed by atoms with Crippen molar-refractivity contribution in [2.75, 3.05) is 25.5 Å². The molecule has 3 fully saturated rings. The average Bonchev–Trinajstić information content (AvgIpc) is 2.81. The van der Waals surface area contributed by atoms with Gasteiger partial charge in [0.1, 0.15) is 0 Å². The van der Waals surface area contributed by atoms with Crippen LogP contribution in [0.2, 0.25) is 0 Å². The third-order valence-corrected chi connectivity index (χ3v) is 5.48. The SMILES string of the molecule is CC1CN(CC2CCC3(CCCCC3)O2)CC(CCl)O1. The maximum absolute atomic E-state index is 6.48. The number of alkyl halides is 1. The minimum absolute atomic E-state index is 0.186. The van der Waals surface area contributed by atoms with Crippen LogP contribution in [-0.4, -0.2) is 54.3 Å². The Morgan fingerprint density at radius 2 is 1.90 bits per heavy atom. The molecule has 3 atom stereocenters. The van der Waals surface area contributed by atoms with E-state index in [1.807, 2.05) is 0 Å². The van der Waals surface area contributed by atoms with Gasteiger partial charge in [-0.15, -0.1) is 11.6 Å². The molecule has 2 saturated heterocycles. The summed E-state index contributed by atoms with van der Waals surface area (Å²) in [6.07, 6.45) is 10.1. The fraction of sp³-hybridized carbons (Fsp3) is 1.00. The topological polar surface area (TPSA) is 21.7 Å². The van der Waals surface area contributed by atoms with E-state index in [0.717, 1.165) is 19.6 Å². The van der Waals surface area contributed by atoms with Gasteiger partial charge >= 0.3 is 0 Å². The molecule has 1 saturated carbocycles. The standard InChI is InChI=1S/C16H28ClNO2/c1-13-10-18(12-15(9-17)19-13)11-14-5-8-16(20-14)6-3-2-4-7-16/h13-15H,2-12H2,1H3. The summed E-state index contributed by atoms with van der Waals surface area (Å²) in [5, 5.41) is 0. The van der Waals surface area contributed by atoms with Crippen molar-refractivity contribution >= 4 is 11.6 Å². The summed E-state index contributed by atoms with van der Waals surface area (Å²) in [6, 6.07) is 0. The molecular weight excluding hydrogens is 274 g/mol. The molecule has 3 rings (SSSR count). The van der Waals surface area contributed by atoms with E-state index < -0.39 is 0 Å². The van der Waals surface area contributed by atoms with Crippen molar-refractivity contribution in [3.05, 3.63) is 0 Å². The molecule has 0 aromatic rings. The maximum atomic E-state index is 6.48. The minimum atomic E-state index is 0.186. The van der Waals surface area contributed by atoms with Gasteiger partial charge in [-0.1, -0.05) is 19.3 Å². The van der Waals surface area contributed by atoms with Gasteiger partial charge in [0.2, 0.25) is 0 Å². The third kappa shape index (κ3) is 3.49. The van der Waals surface area contributed by atoms with E-state index in [9.17, 15) is 0 Å². The Labute approximate surface area is 127 Å². The summed E-state index contributed by atoms with van der Waals surface area (Å²) in [4.78, 5) is 2.49. The highest BCUT2D eigenvalue weighted by atomic mass is 35.5. The lowest BCUT2D eigenvalue weighted by molar-refractivity contribution is -0.100. The van der Waals surface area contributed by atoms with Crippen LogP contribution in [0.5, 0.6) is 0 Å². The lowest BCUT2D eigenvalue weighted by atomic mass is 9.83. The molecule has 4 heteroatoms. The van der Waals surface area contributed by atoms with Crippen LogP contribution in [0, 0.1) is 0 Å². The predicted molar refractivity (Wildman–Crippen MR) is 81.4 cm³/mol. The number of hydrogen-bond acceptors (Lipinski definition) is 3. The van der Waals surface area contributed by atoms with Gasteiger partial charge in [0.05, 0.1) is 23.9 Å². The second kappa shape index (κ2) is 6.51. The second-order valence-corrected chi connectivity index (χ2v) is 7.27. The molecule has 2 aliphatic heterocycles. The van der Waals surface area contributed by atoms with Crippen molar-refractivity contribution in [1.82, 2.24) is 4.90 Å². The Morgan fingerprint density at radius 1 is 1.10 bits per heavy atom. The molecule has 3 aliphatic rings. The van der Waals surface area contributed by atoms with Crippen molar-refractivity contribution in [2.24, 2.45) is 0 Å². The van der Waals surface area contributed by atoms with Crippen LogP contribution in [0.1, 0.15) is 51.9 Å². The molecule has 20 heavy (non-hydrogen) atoms. The number of rotatable bonds is 3. The highest BCUT2D eigenvalue weighted by Crippen LogP contribution is 2.42. The zero-order valence-electron chi connectivity index (χ0n) is 12.7. The monoisotopic (exact) mass is 301 g/mol. The summed E-state index contributed by atoms with van der Waals surface area (Å²) < 4.78 is 12.3. The van der Waals surface area contributed by atoms with E-state index in [1.165, 1.54) is 44.9 Å². The van der Waals surface area contributed by atoms with Crippen LogP contribution < -0.4 is 0 Å². The molecule has 1 spiro atoms. The molecule has 2 heterocycles. The maximum Gasteiger partial charge on any atom is 0.0841 e. The predicted octanol–water partition coefficient (Wildman–Crippen LogP) is 3.20. The number of nitrogens with zero attached hydrogens (tertiary/aromatic N) is 1. The van der Waals surface area contributed by atoms with Gasteiger partial charge in [0, 0.05) is 25.5 Å². The number of hydrogen-bond donors (Lipinski definition) is 0. The van der Waals surface area contributed by atoms with E-state index in [-0.39, 0.29) is 17.8 Å². The fourth-order valence-electron chi connectivity index (χ4n) is 4.25. The minimum Gasteiger partial charge on any atom is -0.371 e. The molecule has 116 valence electrons. The molecule has 0 aromatic carbocycles. The number of morpholine rings is 1. The van der Waals surface area contributed by atoms with Gasteiger partial charge < -0.3 is 9.47 Å². The molecular formula is C16H28ClNO2. The van der Waals surface area contributed by atoms with Crippen LogP contribution in [-0.2, 0) is 9.47 Å². The van der Waals surface area contributed by atoms with E-state index in [4.69, 9.17) is 21.1 Å². The summed E-state index contributed by atoms with van der Waals surface area (Å²) in [7, 11) is 0. The average molecular weight is 302 g/mol. The van der Waals surface area contributed by atoms with Crippen molar-refractivity contribution in [1.29, 1.82) is 0 Å². The molecule has 1 aliphatic carbocycles. The largest absolute Gasteiger partial charge is 0.371 e. The Kier molecular flexibility index (Phi) is 4.91. The molecule has 3 unspecified atom stereocenters. The van der Waals surface area contributed by atoms with Gasteiger partial charge in [-0.3, -0.25) is 4.90 Å². The highest BCUT2D eigenvalue weighted by molar-refractivity contribution is 6.18. The van der Waals surface area contributed by atoms with Crippen LogP contribution in [0.25, 0.3) is 0 Å². The van der Waals surface area contributed by atoms with Gasteiger partial charge in [-0.2, -0.15) is 0 Å². The first-order chi connectivity index (χ1) is 9.69. The smallest absolute Gasteiger partial charge is 0.0841 e. The van der Waals surface area contributed by atoms with E-state index in [0.29, 0.717) is 12.0 Å². The third-order valence-electron chi connectivity index (χ3n) is 5.14. The zero-order valence-corrected chi connectivity index (χ0v) is 13.4. The first-order valence-corrected chi connectivity index (χ1v) is 8.84. The highest BCUT2D eigenvalue weighted by Gasteiger charge is 2.41. The van der Waals surface area contributed by atoms with Gasteiger partial charge in [-0.25, -0.2) is 0 Å². The Morgan fingerprint density at radius 3 is 2.65 bits per heavy atom. The number of halogens is 1. The summed E-state index contributed by atoms with van der Waals surface area (Å²) in [5.41, 5.74) is 0.243. The second-order valence-electron chi connectivity index (χ2n) is 6.96. The van der Waals surface area contributed by atoms with Crippen LogP contribution >= 0.6 is 11.6 Å². The molecule has 0 radical (unpaired) electrons. The lowest BCUT2D eigenvalue weighted by Gasteiger charge is -2.38. The van der Waals surface area contributed by atoms with Gasteiger partial charge in [-0.05, 0) is 32.6 Å². The Hall–Kier alpha value is 0.170. The van der Waals surface area contributed by atoms with Crippen LogP contribution in [0.3, 0.4) is 0 Å². The van der Waals surface area contributed by atoms with Gasteiger partial charge in [0.15, 0.2) is 0 Å². The Balaban J connectivity index is 1.51. The van der Waals surface area contributed by atoms with Crippen molar-refractivity contribution in [3.8, 4) is 0 Å². The van der Waals surface area contributed by atoms with Crippen molar-refractivity contribution < 1.29 is 9.47 Å². The summed E-state index contributed by atoms with van der Waals surface area (Å²) >= 11 is 5.96. The van der Waals surface area contributed by atoms with Gasteiger partial charge in [0.25, 0.3) is 0 Å². The van der Waals surface area contributed by atoms with E-state index in [1.54, 1.807) is 0 Å². The first kappa shape index (κ1) is 15.1. The zero-order chi connectivity index (χ0) is 14.0. The van der Waals surface area contributed by atoms with Crippen molar-refractivity contribution in [2.45, 2.75) is 75.8 Å². The summed E-state index contributed by atoms with van der Waals surface area (Å²) in [5.74, 6) is 0.594. The Bertz CT molecular complexity index is 320. The molecule has 0 amide bonds. The summed E-state index contributed by atoms with van der Waals surface area (Å²) in [6.45, 7) is 5.17. The quantitative estimate of drug-likeness (QED) is 0.747. The molecule has 0 N–H and O–H groups in total. The van der Waals surface area contributed by atoms with E-state index >= 15 is 0 Å². The fourth-order valence-corrected chi connectivity index (χ4v) is 4.42. The van der Waals surface area contributed by atoms with E-state index in [2.05, 4.69) is 11.8 Å². The first-order valence-electron chi connectivity index (χ1n) is 8.31. The molecule has 0 bridgehead atoms. The van der Waals surface area contributed by atoms with Crippen molar-refractivity contribution in [3.63, 3.8) is 0 Å². The van der Waals surface area contributed by atoms with Crippen LogP contribution in [0.4, 0.5) is 0 Å². The number of ether oxygens (including phenoxy) is 2. The normalized spacial score (nSPS) is 38.4. The molecule has 3 nitrogen and oxygen atoms in total. The lowest BCUT2D eigenvalue weighted by Crippen LogP contribution is -2.49.